The van der Waals surface area contributed by atoms with Gasteiger partial charge in [-0.25, -0.2) is 4.98 Å². The van der Waals surface area contributed by atoms with Crippen LogP contribution in [0.1, 0.15) is 15.9 Å². The van der Waals surface area contributed by atoms with Crippen molar-refractivity contribution in [2.45, 2.75) is 6.54 Å². The Bertz CT molecular complexity index is 1060. The molecule has 0 aliphatic rings. The van der Waals surface area contributed by atoms with Gasteiger partial charge in [0.2, 0.25) is 5.88 Å². The quantitative estimate of drug-likeness (QED) is 0.551. The number of pyridine rings is 1. The zero-order chi connectivity index (χ0) is 18.5. The second kappa shape index (κ2) is 7.70. The molecule has 1 amide bonds. The molecule has 4 rings (SSSR count). The molecule has 132 valence electrons. The summed E-state index contributed by atoms with van der Waals surface area (Å²) in [5, 5.41) is 3.77. The van der Waals surface area contributed by atoms with Gasteiger partial charge in [-0.3, -0.25) is 4.79 Å². The smallest absolute Gasteiger partial charge is 0.252 e. The third-order valence-corrected chi connectivity index (χ3v) is 4.20. The van der Waals surface area contributed by atoms with Gasteiger partial charge >= 0.3 is 0 Å². The molecule has 0 saturated carbocycles. The summed E-state index contributed by atoms with van der Waals surface area (Å²) in [5.74, 6) is 0.913. The van der Waals surface area contributed by atoms with Crippen LogP contribution in [-0.2, 0) is 6.54 Å². The van der Waals surface area contributed by atoms with E-state index in [1.807, 2.05) is 84.9 Å². The second-order valence-corrected chi connectivity index (χ2v) is 6.11. The van der Waals surface area contributed by atoms with Crippen molar-refractivity contribution in [1.29, 1.82) is 0 Å². The minimum Gasteiger partial charge on any atom is -0.439 e. The molecule has 1 aromatic heterocycles. The molecule has 0 saturated heterocycles. The lowest BCUT2D eigenvalue weighted by molar-refractivity contribution is 0.0952. The summed E-state index contributed by atoms with van der Waals surface area (Å²) in [6, 6.07) is 28.5. The first-order valence-corrected chi connectivity index (χ1v) is 8.74. The Labute approximate surface area is 157 Å². The number of nitrogens with one attached hydrogen (secondary N) is 1. The maximum atomic E-state index is 12.8. The molecule has 1 heterocycles. The molecule has 1 N–H and O–H groups in total. The maximum Gasteiger partial charge on any atom is 0.252 e. The van der Waals surface area contributed by atoms with Gasteiger partial charge < -0.3 is 10.1 Å². The first kappa shape index (κ1) is 16.8. The van der Waals surface area contributed by atoms with E-state index in [1.54, 1.807) is 6.07 Å². The summed E-state index contributed by atoms with van der Waals surface area (Å²) in [5.41, 5.74) is 2.31. The number of carbonyl (C=O) groups is 1. The van der Waals surface area contributed by atoms with E-state index in [0.717, 1.165) is 16.5 Å². The molecule has 0 fully saturated rings. The van der Waals surface area contributed by atoms with Crippen LogP contribution in [0.5, 0.6) is 11.6 Å². The lowest BCUT2D eigenvalue weighted by Gasteiger charge is -2.11. The lowest BCUT2D eigenvalue weighted by atomic mass is 10.1. The third kappa shape index (κ3) is 3.96. The monoisotopic (exact) mass is 354 g/mol. The van der Waals surface area contributed by atoms with Crippen molar-refractivity contribution in [2.24, 2.45) is 0 Å². The summed E-state index contributed by atoms with van der Waals surface area (Å²) >= 11 is 0. The highest BCUT2D eigenvalue weighted by molar-refractivity contribution is 6.06. The highest BCUT2D eigenvalue weighted by Gasteiger charge is 2.14. The zero-order valence-electron chi connectivity index (χ0n) is 14.6. The van der Waals surface area contributed by atoms with Crippen molar-refractivity contribution in [1.82, 2.24) is 10.3 Å². The summed E-state index contributed by atoms with van der Waals surface area (Å²) < 4.78 is 5.85. The highest BCUT2D eigenvalue weighted by Crippen LogP contribution is 2.25. The molecule has 0 unspecified atom stereocenters. The summed E-state index contributed by atoms with van der Waals surface area (Å²) in [4.78, 5) is 17.4. The average molecular weight is 354 g/mol. The largest absolute Gasteiger partial charge is 0.439 e. The molecule has 0 atom stereocenters. The van der Waals surface area contributed by atoms with E-state index in [2.05, 4.69) is 10.3 Å². The number of aromatic nitrogens is 1. The highest BCUT2D eigenvalue weighted by atomic mass is 16.5. The van der Waals surface area contributed by atoms with Crippen molar-refractivity contribution in [3.63, 3.8) is 0 Å². The van der Waals surface area contributed by atoms with E-state index in [4.69, 9.17) is 4.74 Å². The van der Waals surface area contributed by atoms with Crippen LogP contribution in [0, 0.1) is 0 Å². The molecule has 0 bridgehead atoms. The Hall–Kier alpha value is -3.66. The summed E-state index contributed by atoms with van der Waals surface area (Å²) in [6.07, 6.45) is 0. The number of ether oxygens (including phenoxy) is 1. The van der Waals surface area contributed by atoms with Gasteiger partial charge in [-0.05, 0) is 23.8 Å². The van der Waals surface area contributed by atoms with Gasteiger partial charge in [0.25, 0.3) is 5.91 Å². The van der Waals surface area contributed by atoms with Crippen LogP contribution in [0.25, 0.3) is 10.9 Å². The molecule has 0 spiro atoms. The van der Waals surface area contributed by atoms with Crippen LogP contribution in [0.15, 0.2) is 91.0 Å². The first-order chi connectivity index (χ1) is 13.3. The second-order valence-electron chi connectivity index (χ2n) is 6.11. The predicted molar refractivity (Wildman–Crippen MR) is 106 cm³/mol. The number of carbonyl (C=O) groups excluding carboxylic acids is 1. The molecular formula is C23H18N2O2. The maximum absolute atomic E-state index is 12.8. The number of para-hydroxylation sites is 2. The van der Waals surface area contributed by atoms with E-state index >= 15 is 0 Å². The van der Waals surface area contributed by atoms with Crippen LogP contribution in [0.4, 0.5) is 0 Å². The van der Waals surface area contributed by atoms with E-state index in [-0.39, 0.29) is 5.91 Å². The molecule has 0 aliphatic heterocycles. The van der Waals surface area contributed by atoms with Crippen LogP contribution in [0.3, 0.4) is 0 Å². The Morgan fingerprint density at radius 2 is 1.52 bits per heavy atom. The molecule has 4 heteroatoms. The van der Waals surface area contributed by atoms with Gasteiger partial charge in [0.1, 0.15) is 5.75 Å². The van der Waals surface area contributed by atoms with Crippen molar-refractivity contribution in [2.75, 3.05) is 0 Å². The number of fused-ring (bicyclic) bond motifs is 1. The normalized spacial score (nSPS) is 10.5. The van der Waals surface area contributed by atoms with Crippen molar-refractivity contribution in [3.8, 4) is 11.6 Å². The minimum absolute atomic E-state index is 0.157. The number of hydrogen-bond donors (Lipinski definition) is 1. The van der Waals surface area contributed by atoms with E-state index in [9.17, 15) is 4.79 Å². The number of nitrogens with zero attached hydrogens (tertiary/aromatic N) is 1. The van der Waals surface area contributed by atoms with Crippen molar-refractivity contribution < 1.29 is 9.53 Å². The third-order valence-electron chi connectivity index (χ3n) is 4.20. The van der Waals surface area contributed by atoms with Crippen molar-refractivity contribution >= 4 is 16.8 Å². The molecule has 3 aromatic carbocycles. The topological polar surface area (TPSA) is 51.2 Å². The Morgan fingerprint density at radius 3 is 2.30 bits per heavy atom. The molecule has 0 aliphatic carbocycles. The zero-order valence-corrected chi connectivity index (χ0v) is 14.6. The van der Waals surface area contributed by atoms with Crippen LogP contribution in [0.2, 0.25) is 0 Å². The fourth-order valence-electron chi connectivity index (χ4n) is 2.87. The number of amides is 1. The van der Waals surface area contributed by atoms with E-state index in [1.165, 1.54) is 0 Å². The molecule has 0 radical (unpaired) electrons. The standard InChI is InChI=1S/C23H18N2O2/c26-23(24-16-17-9-3-1-4-10-17)20-15-22(27-18-11-5-2-6-12-18)25-21-14-8-7-13-19(20)21/h1-15H,16H2,(H,24,26). The molecule has 27 heavy (non-hydrogen) atoms. The number of rotatable bonds is 5. The Morgan fingerprint density at radius 1 is 0.852 bits per heavy atom. The van der Waals surface area contributed by atoms with Crippen LogP contribution in [-0.4, -0.2) is 10.9 Å². The summed E-state index contributed by atoms with van der Waals surface area (Å²) in [6.45, 7) is 0.463. The number of hydrogen-bond acceptors (Lipinski definition) is 3. The van der Waals surface area contributed by atoms with Crippen LogP contribution < -0.4 is 10.1 Å². The predicted octanol–water partition coefficient (Wildman–Crippen LogP) is 4.96. The average Bonchev–Trinajstić information content (AvgIpc) is 2.73. The fraction of sp³-hybridized carbons (Fsp3) is 0.0435. The molecule has 4 aromatic rings. The SMILES string of the molecule is O=C(NCc1ccccc1)c1cc(Oc2ccccc2)nc2ccccc12. The van der Waals surface area contributed by atoms with Gasteiger partial charge in [-0.2, -0.15) is 0 Å². The van der Waals surface area contributed by atoms with Crippen molar-refractivity contribution in [3.05, 3.63) is 102 Å². The minimum atomic E-state index is -0.157. The van der Waals surface area contributed by atoms with Crippen LogP contribution >= 0.6 is 0 Å². The molecular weight excluding hydrogens is 336 g/mol. The Balaban J connectivity index is 1.64. The first-order valence-electron chi connectivity index (χ1n) is 8.74. The Kier molecular flexibility index (Phi) is 4.79. The van der Waals surface area contributed by atoms with Gasteiger partial charge in [0, 0.05) is 18.0 Å². The van der Waals surface area contributed by atoms with Gasteiger partial charge in [-0.1, -0.05) is 66.7 Å². The van der Waals surface area contributed by atoms with Gasteiger partial charge in [-0.15, -0.1) is 0 Å². The summed E-state index contributed by atoms with van der Waals surface area (Å²) in [7, 11) is 0. The molecule has 4 nitrogen and oxygen atoms in total. The number of benzene rings is 3. The van der Waals surface area contributed by atoms with E-state index < -0.39 is 0 Å². The fourth-order valence-corrected chi connectivity index (χ4v) is 2.87. The van der Waals surface area contributed by atoms with E-state index in [0.29, 0.717) is 23.7 Å². The van der Waals surface area contributed by atoms with Gasteiger partial charge in [0.15, 0.2) is 0 Å². The van der Waals surface area contributed by atoms with Gasteiger partial charge in [0.05, 0.1) is 11.1 Å². The lowest BCUT2D eigenvalue weighted by Crippen LogP contribution is -2.23.